The van der Waals surface area contributed by atoms with Crippen LogP contribution in [-0.2, 0) is 9.59 Å². The number of anilines is 1. The first-order chi connectivity index (χ1) is 10.2. The molecule has 0 radical (unpaired) electrons. The van der Waals surface area contributed by atoms with Gasteiger partial charge >= 0.3 is 12.3 Å². The first-order valence-corrected chi connectivity index (χ1v) is 6.53. The average molecular weight is 319 g/mol. The molecule has 1 N–H and O–H groups in total. The summed E-state index contributed by atoms with van der Waals surface area (Å²) in [5.74, 6) is -1.65. The number of alkyl halides is 3. The Hall–Kier alpha value is -2.25. The number of carboxylic acid groups (broad SMARTS) is 1. The van der Waals surface area contributed by atoms with Crippen molar-refractivity contribution in [1.29, 1.82) is 0 Å². The van der Waals surface area contributed by atoms with E-state index in [2.05, 4.69) is 4.74 Å². The third-order valence-electron chi connectivity index (χ3n) is 2.84. The Kier molecular flexibility index (Phi) is 6.21. The summed E-state index contributed by atoms with van der Waals surface area (Å²) in [7, 11) is 1.44. The van der Waals surface area contributed by atoms with Crippen LogP contribution in [0, 0.1) is 0 Å². The van der Waals surface area contributed by atoms with Crippen molar-refractivity contribution in [3.8, 4) is 5.75 Å². The maximum atomic E-state index is 12.2. The summed E-state index contributed by atoms with van der Waals surface area (Å²) in [5, 5.41) is 8.49. The van der Waals surface area contributed by atoms with Crippen molar-refractivity contribution >= 4 is 17.6 Å². The lowest BCUT2D eigenvalue weighted by atomic mass is 10.1. The van der Waals surface area contributed by atoms with E-state index in [1.54, 1.807) is 0 Å². The number of rotatable bonds is 7. The van der Waals surface area contributed by atoms with Crippen molar-refractivity contribution < 1.29 is 32.6 Å². The van der Waals surface area contributed by atoms with Crippen LogP contribution in [0.5, 0.6) is 5.75 Å². The second-order valence-electron chi connectivity index (χ2n) is 4.60. The zero-order valence-electron chi connectivity index (χ0n) is 11.9. The fourth-order valence-electron chi connectivity index (χ4n) is 1.75. The largest absolute Gasteiger partial charge is 0.573 e. The van der Waals surface area contributed by atoms with Crippen LogP contribution in [0.15, 0.2) is 24.3 Å². The molecule has 0 aliphatic carbocycles. The van der Waals surface area contributed by atoms with Gasteiger partial charge < -0.3 is 14.7 Å². The summed E-state index contributed by atoms with van der Waals surface area (Å²) >= 11 is 0. The van der Waals surface area contributed by atoms with Gasteiger partial charge in [0.15, 0.2) is 0 Å². The fraction of sp³-hybridized carbons (Fsp3) is 0.429. The monoisotopic (exact) mass is 319 g/mol. The van der Waals surface area contributed by atoms with E-state index >= 15 is 0 Å². The predicted molar refractivity (Wildman–Crippen MR) is 72.6 cm³/mol. The highest BCUT2D eigenvalue weighted by Crippen LogP contribution is 2.26. The molecule has 0 bridgehead atoms. The number of ether oxygens (including phenoxy) is 1. The number of hydrogen-bond donors (Lipinski definition) is 1. The van der Waals surface area contributed by atoms with E-state index in [1.165, 1.54) is 24.1 Å². The molecule has 0 aromatic heterocycles. The number of benzene rings is 1. The molecule has 5 nitrogen and oxygen atoms in total. The molecule has 1 aromatic rings. The highest BCUT2D eigenvalue weighted by atomic mass is 19.4. The first kappa shape index (κ1) is 17.8. The summed E-state index contributed by atoms with van der Waals surface area (Å²) in [4.78, 5) is 23.5. The topological polar surface area (TPSA) is 66.8 Å². The molecule has 22 heavy (non-hydrogen) atoms. The number of aliphatic carboxylic acids is 1. The molecule has 1 rings (SSSR count). The van der Waals surface area contributed by atoms with E-state index in [0.717, 1.165) is 12.1 Å². The molecule has 0 aliphatic rings. The fourth-order valence-corrected chi connectivity index (χ4v) is 1.75. The Labute approximate surface area is 125 Å². The van der Waals surface area contributed by atoms with Crippen molar-refractivity contribution in [3.63, 3.8) is 0 Å². The molecule has 0 saturated carbocycles. The van der Waals surface area contributed by atoms with Gasteiger partial charge in [0.2, 0.25) is 5.91 Å². The minimum absolute atomic E-state index is 0.0219. The smallest absolute Gasteiger partial charge is 0.481 e. The van der Waals surface area contributed by atoms with Crippen LogP contribution in [0.1, 0.15) is 25.7 Å². The molecule has 1 amide bonds. The van der Waals surface area contributed by atoms with Gasteiger partial charge in [-0.15, -0.1) is 13.2 Å². The number of carbonyl (C=O) groups excluding carboxylic acids is 1. The minimum Gasteiger partial charge on any atom is -0.481 e. The van der Waals surface area contributed by atoms with Crippen LogP contribution in [-0.4, -0.2) is 30.4 Å². The Morgan fingerprint density at radius 2 is 1.86 bits per heavy atom. The van der Waals surface area contributed by atoms with Crippen molar-refractivity contribution in [2.24, 2.45) is 0 Å². The van der Waals surface area contributed by atoms with E-state index in [9.17, 15) is 22.8 Å². The molecule has 0 unspecified atom stereocenters. The first-order valence-electron chi connectivity index (χ1n) is 6.53. The van der Waals surface area contributed by atoms with Gasteiger partial charge in [-0.05, 0) is 25.0 Å². The standard InChI is InChI=1S/C14H16F3NO4/c1-18(12(19)7-2-3-8-13(20)21)10-5-4-6-11(9-10)22-14(15,16)17/h4-6,9H,2-3,7-8H2,1H3,(H,20,21). The minimum atomic E-state index is -4.79. The van der Waals surface area contributed by atoms with Crippen molar-refractivity contribution in [1.82, 2.24) is 0 Å². The number of unbranched alkanes of at least 4 members (excludes halogenated alkanes) is 1. The van der Waals surface area contributed by atoms with Crippen LogP contribution in [0.2, 0.25) is 0 Å². The van der Waals surface area contributed by atoms with E-state index in [0.29, 0.717) is 12.8 Å². The van der Waals surface area contributed by atoms with Gasteiger partial charge in [0.25, 0.3) is 0 Å². The molecule has 0 fully saturated rings. The molecule has 1 aromatic carbocycles. The highest BCUT2D eigenvalue weighted by Gasteiger charge is 2.31. The molecule has 122 valence electrons. The molecule has 0 aliphatic heterocycles. The molecular formula is C14H16F3NO4. The van der Waals surface area contributed by atoms with Crippen LogP contribution in [0.3, 0.4) is 0 Å². The van der Waals surface area contributed by atoms with Gasteiger partial charge in [-0.3, -0.25) is 9.59 Å². The normalized spacial score (nSPS) is 11.1. The van der Waals surface area contributed by atoms with Gasteiger partial charge in [0.05, 0.1) is 0 Å². The summed E-state index contributed by atoms with van der Waals surface area (Å²) in [6.07, 6.45) is -3.93. The van der Waals surface area contributed by atoms with Crippen LogP contribution in [0.25, 0.3) is 0 Å². The third kappa shape index (κ3) is 6.47. The lowest BCUT2D eigenvalue weighted by molar-refractivity contribution is -0.274. The summed E-state index contributed by atoms with van der Waals surface area (Å²) < 4.78 is 40.3. The van der Waals surface area contributed by atoms with Gasteiger partial charge in [-0.2, -0.15) is 0 Å². The number of nitrogens with zero attached hydrogens (tertiary/aromatic N) is 1. The number of hydrogen-bond acceptors (Lipinski definition) is 3. The van der Waals surface area contributed by atoms with Crippen molar-refractivity contribution in [2.45, 2.75) is 32.0 Å². The van der Waals surface area contributed by atoms with E-state index in [1.807, 2.05) is 0 Å². The molecule has 0 saturated heterocycles. The summed E-state index contributed by atoms with van der Waals surface area (Å²) in [6.45, 7) is 0. The number of carbonyl (C=O) groups is 2. The van der Waals surface area contributed by atoms with Gasteiger partial charge in [-0.25, -0.2) is 0 Å². The Bertz CT molecular complexity index is 531. The van der Waals surface area contributed by atoms with E-state index in [4.69, 9.17) is 5.11 Å². The molecule has 0 heterocycles. The number of halogens is 3. The molecule has 0 spiro atoms. The van der Waals surface area contributed by atoms with Gasteiger partial charge in [-0.1, -0.05) is 6.07 Å². The lowest BCUT2D eigenvalue weighted by Crippen LogP contribution is -2.26. The Balaban J connectivity index is 2.60. The van der Waals surface area contributed by atoms with Crippen LogP contribution >= 0.6 is 0 Å². The van der Waals surface area contributed by atoms with E-state index in [-0.39, 0.29) is 24.4 Å². The van der Waals surface area contributed by atoms with Crippen molar-refractivity contribution in [3.05, 3.63) is 24.3 Å². The number of amides is 1. The second kappa shape index (κ2) is 7.67. The molecule has 0 atom stereocenters. The predicted octanol–water partition coefficient (Wildman–Crippen LogP) is 3.19. The molecular weight excluding hydrogens is 303 g/mol. The highest BCUT2D eigenvalue weighted by molar-refractivity contribution is 5.92. The molecule has 8 heteroatoms. The van der Waals surface area contributed by atoms with Crippen LogP contribution in [0.4, 0.5) is 18.9 Å². The number of carboxylic acids is 1. The van der Waals surface area contributed by atoms with Gasteiger partial charge in [0, 0.05) is 31.6 Å². The van der Waals surface area contributed by atoms with Crippen molar-refractivity contribution in [2.75, 3.05) is 11.9 Å². The third-order valence-corrected chi connectivity index (χ3v) is 2.84. The second-order valence-corrected chi connectivity index (χ2v) is 4.60. The zero-order chi connectivity index (χ0) is 16.8. The SMILES string of the molecule is CN(C(=O)CCCCC(=O)O)c1cccc(OC(F)(F)F)c1. The maximum absolute atomic E-state index is 12.2. The average Bonchev–Trinajstić information content (AvgIpc) is 2.40. The summed E-state index contributed by atoms with van der Waals surface area (Å²) in [5.41, 5.74) is 0.269. The quantitative estimate of drug-likeness (QED) is 0.784. The van der Waals surface area contributed by atoms with E-state index < -0.39 is 18.1 Å². The van der Waals surface area contributed by atoms with Gasteiger partial charge in [0.1, 0.15) is 5.75 Å². The Morgan fingerprint density at radius 3 is 2.45 bits per heavy atom. The zero-order valence-corrected chi connectivity index (χ0v) is 11.9. The summed E-state index contributed by atoms with van der Waals surface area (Å²) in [6, 6.07) is 5.09. The van der Waals surface area contributed by atoms with Crippen LogP contribution < -0.4 is 9.64 Å². The Morgan fingerprint density at radius 1 is 1.23 bits per heavy atom. The maximum Gasteiger partial charge on any atom is 0.573 e. The lowest BCUT2D eigenvalue weighted by Gasteiger charge is -2.18.